The highest BCUT2D eigenvalue weighted by atomic mass is 35.5. The summed E-state index contributed by atoms with van der Waals surface area (Å²) in [7, 11) is -3.75. The number of nitrogens with zero attached hydrogens (tertiary/aromatic N) is 1. The van der Waals surface area contributed by atoms with Crippen molar-refractivity contribution < 1.29 is 22.3 Å². The molecule has 0 bridgehead atoms. The van der Waals surface area contributed by atoms with Crippen molar-refractivity contribution in [3.63, 3.8) is 0 Å². The highest BCUT2D eigenvalue weighted by molar-refractivity contribution is 7.92. The molecule has 2 aromatic carbocycles. The lowest BCUT2D eigenvalue weighted by Crippen LogP contribution is -2.40. The van der Waals surface area contributed by atoms with Crippen LogP contribution in [0.15, 0.2) is 42.5 Å². The number of nitrogens with one attached hydrogen (secondary N) is 1. The largest absolute Gasteiger partial charge is 0.491 e. The molecular formula is C21H26ClFN2O4S. The molecule has 0 heterocycles. The van der Waals surface area contributed by atoms with Gasteiger partial charge in [-0.2, -0.15) is 0 Å². The summed E-state index contributed by atoms with van der Waals surface area (Å²) in [5, 5.41) is 2.50. The van der Waals surface area contributed by atoms with E-state index in [-0.39, 0.29) is 16.8 Å². The molecule has 0 radical (unpaired) electrons. The van der Waals surface area contributed by atoms with Gasteiger partial charge in [0.05, 0.1) is 23.1 Å². The Kier molecular flexibility index (Phi) is 8.49. The molecule has 0 saturated carbocycles. The number of carbonyl (C=O) groups is 1. The third-order valence-electron chi connectivity index (χ3n) is 4.11. The van der Waals surface area contributed by atoms with Gasteiger partial charge in [-0.25, -0.2) is 12.8 Å². The summed E-state index contributed by atoms with van der Waals surface area (Å²) < 4.78 is 44.1. The molecule has 6 nitrogen and oxygen atoms in total. The zero-order valence-electron chi connectivity index (χ0n) is 17.2. The van der Waals surface area contributed by atoms with E-state index in [1.165, 1.54) is 12.1 Å². The van der Waals surface area contributed by atoms with E-state index in [0.717, 1.165) is 34.4 Å². The molecule has 0 aliphatic carbocycles. The summed E-state index contributed by atoms with van der Waals surface area (Å²) >= 11 is 5.74. The molecule has 164 valence electrons. The first-order chi connectivity index (χ1) is 14.1. The fourth-order valence-electron chi connectivity index (χ4n) is 2.79. The summed E-state index contributed by atoms with van der Waals surface area (Å²) in [5.74, 6) is -0.327. The monoisotopic (exact) mass is 456 g/mol. The van der Waals surface area contributed by atoms with Crippen LogP contribution in [0.2, 0.25) is 5.02 Å². The van der Waals surface area contributed by atoms with E-state index < -0.39 is 28.3 Å². The second-order valence-corrected chi connectivity index (χ2v) is 9.45. The summed E-state index contributed by atoms with van der Waals surface area (Å²) in [5.41, 5.74) is 1.21. The lowest BCUT2D eigenvalue weighted by Gasteiger charge is -2.22. The number of rotatable bonds is 10. The number of amides is 1. The zero-order valence-corrected chi connectivity index (χ0v) is 18.8. The minimum atomic E-state index is -3.75. The minimum absolute atomic E-state index is 0.0910. The van der Waals surface area contributed by atoms with Crippen LogP contribution in [-0.2, 0) is 21.2 Å². The van der Waals surface area contributed by atoms with Crippen molar-refractivity contribution in [3.8, 4) is 5.75 Å². The van der Waals surface area contributed by atoms with Gasteiger partial charge < -0.3 is 10.1 Å². The molecule has 0 atom stereocenters. The van der Waals surface area contributed by atoms with E-state index in [2.05, 4.69) is 5.32 Å². The first-order valence-corrected chi connectivity index (χ1v) is 11.7. The van der Waals surface area contributed by atoms with E-state index in [9.17, 15) is 17.6 Å². The lowest BCUT2D eigenvalue weighted by molar-refractivity contribution is -0.119. The van der Waals surface area contributed by atoms with Gasteiger partial charge >= 0.3 is 0 Å². The molecule has 0 aliphatic rings. The minimum Gasteiger partial charge on any atom is -0.491 e. The first kappa shape index (κ1) is 24.0. The van der Waals surface area contributed by atoms with E-state index >= 15 is 0 Å². The van der Waals surface area contributed by atoms with Gasteiger partial charge in [0.1, 0.15) is 18.1 Å². The Morgan fingerprint density at radius 1 is 1.23 bits per heavy atom. The van der Waals surface area contributed by atoms with E-state index in [0.29, 0.717) is 13.0 Å². The Bertz CT molecular complexity index is 983. The standard InChI is InChI=1S/C21H26ClFN2O4S/c1-15(2)29-18-8-4-6-16(12-18)7-5-11-24-21(26)14-25(30(3,27)28)17-9-10-20(23)19(22)13-17/h4,6,8-10,12-13,15H,5,7,11,14H2,1-3H3,(H,24,26). The fraction of sp³-hybridized carbons (Fsp3) is 0.381. The molecule has 2 aromatic rings. The highest BCUT2D eigenvalue weighted by Crippen LogP contribution is 2.24. The molecule has 0 aliphatic heterocycles. The molecule has 2 rings (SSSR count). The predicted octanol–water partition coefficient (Wildman–Crippen LogP) is 3.78. The molecule has 30 heavy (non-hydrogen) atoms. The lowest BCUT2D eigenvalue weighted by atomic mass is 10.1. The molecule has 0 saturated heterocycles. The van der Waals surface area contributed by atoms with Gasteiger partial charge in [0.2, 0.25) is 15.9 Å². The third-order valence-corrected chi connectivity index (χ3v) is 5.54. The quantitative estimate of drug-likeness (QED) is 0.552. The average molecular weight is 457 g/mol. The van der Waals surface area contributed by atoms with Crippen LogP contribution >= 0.6 is 11.6 Å². The number of aryl methyl sites for hydroxylation is 1. The summed E-state index contributed by atoms with van der Waals surface area (Å²) in [6.45, 7) is 3.89. The van der Waals surface area contributed by atoms with E-state index in [1.54, 1.807) is 0 Å². The van der Waals surface area contributed by atoms with Crippen molar-refractivity contribution in [1.29, 1.82) is 0 Å². The number of halogens is 2. The van der Waals surface area contributed by atoms with Crippen LogP contribution in [0, 0.1) is 5.82 Å². The van der Waals surface area contributed by atoms with Crippen molar-refractivity contribution in [2.75, 3.05) is 23.7 Å². The molecule has 1 N–H and O–H groups in total. The number of sulfonamides is 1. The van der Waals surface area contributed by atoms with Crippen LogP contribution in [0.25, 0.3) is 0 Å². The molecular weight excluding hydrogens is 431 g/mol. The zero-order chi connectivity index (χ0) is 22.3. The second-order valence-electron chi connectivity index (χ2n) is 7.14. The van der Waals surface area contributed by atoms with Crippen LogP contribution in [-0.4, -0.2) is 39.8 Å². The van der Waals surface area contributed by atoms with Crippen molar-refractivity contribution in [1.82, 2.24) is 5.32 Å². The number of hydrogen-bond donors (Lipinski definition) is 1. The van der Waals surface area contributed by atoms with Crippen LogP contribution < -0.4 is 14.4 Å². The van der Waals surface area contributed by atoms with Crippen molar-refractivity contribution in [3.05, 3.63) is 58.9 Å². The summed E-state index contributed by atoms with van der Waals surface area (Å²) in [6.07, 6.45) is 2.48. The third kappa shape index (κ3) is 7.50. The number of hydrogen-bond acceptors (Lipinski definition) is 4. The Morgan fingerprint density at radius 2 is 1.97 bits per heavy atom. The molecule has 0 aromatic heterocycles. The van der Waals surface area contributed by atoms with Gasteiger partial charge in [-0.3, -0.25) is 9.10 Å². The Hall–Kier alpha value is -2.32. The maximum Gasteiger partial charge on any atom is 0.240 e. The number of carbonyl (C=O) groups excluding carboxylic acids is 1. The number of ether oxygens (including phenoxy) is 1. The van der Waals surface area contributed by atoms with Gasteiger partial charge in [-0.05, 0) is 62.6 Å². The van der Waals surface area contributed by atoms with Crippen molar-refractivity contribution in [2.24, 2.45) is 0 Å². The summed E-state index contributed by atoms with van der Waals surface area (Å²) in [6, 6.07) is 11.3. The average Bonchev–Trinajstić information content (AvgIpc) is 2.64. The van der Waals surface area contributed by atoms with Crippen LogP contribution in [0.5, 0.6) is 5.75 Å². The smallest absolute Gasteiger partial charge is 0.240 e. The fourth-order valence-corrected chi connectivity index (χ4v) is 3.82. The van der Waals surface area contributed by atoms with Crippen LogP contribution in [0.3, 0.4) is 0 Å². The van der Waals surface area contributed by atoms with Crippen LogP contribution in [0.4, 0.5) is 10.1 Å². The Morgan fingerprint density at radius 3 is 2.60 bits per heavy atom. The predicted molar refractivity (Wildman–Crippen MR) is 117 cm³/mol. The first-order valence-electron chi connectivity index (χ1n) is 9.51. The maximum absolute atomic E-state index is 13.4. The Balaban J connectivity index is 1.90. The van der Waals surface area contributed by atoms with Crippen molar-refractivity contribution in [2.45, 2.75) is 32.8 Å². The second kappa shape index (κ2) is 10.6. The van der Waals surface area contributed by atoms with Gasteiger partial charge in [0, 0.05) is 6.54 Å². The van der Waals surface area contributed by atoms with Gasteiger partial charge in [-0.1, -0.05) is 23.7 Å². The van der Waals surface area contributed by atoms with E-state index in [1.807, 2.05) is 38.1 Å². The molecule has 0 spiro atoms. The number of benzene rings is 2. The van der Waals surface area contributed by atoms with Gasteiger partial charge in [0.15, 0.2) is 0 Å². The summed E-state index contributed by atoms with van der Waals surface area (Å²) in [4.78, 5) is 12.3. The molecule has 0 unspecified atom stereocenters. The molecule has 9 heteroatoms. The number of anilines is 1. The molecule has 1 amide bonds. The highest BCUT2D eigenvalue weighted by Gasteiger charge is 2.21. The maximum atomic E-state index is 13.4. The Labute approximate surface area is 182 Å². The van der Waals surface area contributed by atoms with Gasteiger partial charge in [-0.15, -0.1) is 0 Å². The van der Waals surface area contributed by atoms with Crippen LogP contribution in [0.1, 0.15) is 25.8 Å². The SMILES string of the molecule is CC(C)Oc1cccc(CCCNC(=O)CN(c2ccc(F)c(Cl)c2)S(C)(=O)=O)c1. The van der Waals surface area contributed by atoms with Gasteiger partial charge in [0.25, 0.3) is 0 Å². The molecule has 0 fully saturated rings. The van der Waals surface area contributed by atoms with Crippen molar-refractivity contribution >= 4 is 33.2 Å². The topological polar surface area (TPSA) is 75.7 Å². The normalized spacial score (nSPS) is 11.4. The van der Waals surface area contributed by atoms with E-state index in [4.69, 9.17) is 16.3 Å².